The van der Waals surface area contributed by atoms with Gasteiger partial charge >= 0.3 is 6.03 Å². The number of amides is 3. The van der Waals surface area contributed by atoms with Gasteiger partial charge in [0.1, 0.15) is 23.7 Å². The summed E-state index contributed by atoms with van der Waals surface area (Å²) in [6.07, 6.45) is 6.29. The highest BCUT2D eigenvalue weighted by atomic mass is 19.1. The van der Waals surface area contributed by atoms with Crippen LogP contribution in [0.1, 0.15) is 10.5 Å². The maximum absolute atomic E-state index is 15.3. The highest BCUT2D eigenvalue weighted by molar-refractivity contribution is 6.00. The molecule has 5 aromatic rings. The van der Waals surface area contributed by atoms with Gasteiger partial charge in [0.25, 0.3) is 5.91 Å². The van der Waals surface area contributed by atoms with Gasteiger partial charge in [-0.25, -0.2) is 34.1 Å². The van der Waals surface area contributed by atoms with Crippen LogP contribution in [0.2, 0.25) is 0 Å². The molecule has 1 fully saturated rings. The largest absolute Gasteiger partial charge is 0.378 e. The normalized spacial score (nSPS) is 13.0. The van der Waals surface area contributed by atoms with Crippen molar-refractivity contribution in [3.63, 3.8) is 0 Å². The number of hydrogen-bond acceptors (Lipinski definition) is 9. The lowest BCUT2D eigenvalue weighted by Crippen LogP contribution is -2.37. The van der Waals surface area contributed by atoms with Crippen molar-refractivity contribution in [2.24, 2.45) is 0 Å². The molecule has 0 aliphatic carbocycles. The first-order chi connectivity index (χ1) is 21.4. The molecule has 6 rings (SSSR count). The van der Waals surface area contributed by atoms with E-state index in [0.29, 0.717) is 48.9 Å². The zero-order valence-corrected chi connectivity index (χ0v) is 24.0. The molecular weight excluding hydrogens is 565 g/mol. The molecule has 3 amide bonds. The molecule has 2 aromatic carbocycles. The van der Waals surface area contributed by atoms with Crippen molar-refractivity contribution in [3.05, 3.63) is 85.0 Å². The number of carbonyl (C=O) groups is 2. The monoisotopic (exact) mass is 593 g/mol. The van der Waals surface area contributed by atoms with Crippen molar-refractivity contribution < 1.29 is 18.7 Å². The van der Waals surface area contributed by atoms with E-state index in [-0.39, 0.29) is 17.3 Å². The van der Waals surface area contributed by atoms with Gasteiger partial charge in [0, 0.05) is 56.1 Å². The highest BCUT2D eigenvalue weighted by Crippen LogP contribution is 2.32. The molecule has 0 bridgehead atoms. The van der Waals surface area contributed by atoms with Crippen LogP contribution in [0.4, 0.5) is 26.4 Å². The number of rotatable bonds is 6. The number of nitrogens with one attached hydrogen (secondary N) is 2. The number of halogens is 1. The van der Waals surface area contributed by atoms with Crippen LogP contribution in [-0.4, -0.2) is 82.2 Å². The lowest BCUT2D eigenvalue weighted by Gasteiger charge is -2.29. The lowest BCUT2D eigenvalue weighted by atomic mass is 10.1. The maximum atomic E-state index is 15.3. The van der Waals surface area contributed by atoms with E-state index in [1.807, 2.05) is 18.2 Å². The van der Waals surface area contributed by atoms with Crippen LogP contribution in [-0.2, 0) is 4.74 Å². The fourth-order valence-electron chi connectivity index (χ4n) is 4.75. The summed E-state index contributed by atoms with van der Waals surface area (Å²) in [5.41, 5.74) is 3.42. The van der Waals surface area contributed by atoms with Crippen LogP contribution in [0.5, 0.6) is 0 Å². The first-order valence-electron chi connectivity index (χ1n) is 13.8. The van der Waals surface area contributed by atoms with Gasteiger partial charge in [-0.05, 0) is 48.0 Å². The fraction of sp³-hybridized carbons (Fsp3) is 0.194. The lowest BCUT2D eigenvalue weighted by molar-refractivity contribution is 0.0822. The Morgan fingerprint density at radius 3 is 2.36 bits per heavy atom. The number of fused-ring (bicyclic) bond motifs is 1. The minimum atomic E-state index is -0.667. The number of aromatic nitrogens is 5. The van der Waals surface area contributed by atoms with Gasteiger partial charge in [-0.1, -0.05) is 6.07 Å². The molecule has 0 radical (unpaired) electrons. The van der Waals surface area contributed by atoms with Crippen molar-refractivity contribution in [1.29, 1.82) is 0 Å². The highest BCUT2D eigenvalue weighted by Gasteiger charge is 2.20. The van der Waals surface area contributed by atoms with Gasteiger partial charge in [-0.2, -0.15) is 0 Å². The van der Waals surface area contributed by atoms with Gasteiger partial charge < -0.3 is 25.2 Å². The second-order valence-electron chi connectivity index (χ2n) is 10.2. The molecule has 4 heterocycles. The van der Waals surface area contributed by atoms with E-state index in [1.54, 1.807) is 38.6 Å². The first kappa shape index (κ1) is 28.6. The average molecular weight is 594 g/mol. The Morgan fingerprint density at radius 1 is 0.886 bits per heavy atom. The SMILES string of the molecule is CN(C)C(=O)c1ccc(NC(=O)Nc2ccc(-c3nc(N4CCOCC4)c4ccc(-c5cncnc5)cc4n3)cc2F)cn1. The molecule has 3 aromatic heterocycles. The Kier molecular flexibility index (Phi) is 8.02. The molecule has 12 nitrogen and oxygen atoms in total. The number of anilines is 3. The van der Waals surface area contributed by atoms with Crippen molar-refractivity contribution in [3.8, 4) is 22.5 Å². The average Bonchev–Trinajstić information content (AvgIpc) is 3.05. The number of benzene rings is 2. The third-order valence-electron chi connectivity index (χ3n) is 7.00. The standard InChI is InChI=1S/C31H28FN9O3/c1-40(2)30(42)26-8-5-22(17-35-26)36-31(43)38-25-7-4-20(13-24(25)32)28-37-27-14-19(21-15-33-18-34-16-21)3-6-23(27)29(39-28)41-9-11-44-12-10-41/h3-8,13-18H,9-12H2,1-2H3,(H2,36,38,43). The van der Waals surface area contributed by atoms with Gasteiger partial charge in [-0.3, -0.25) is 4.79 Å². The summed E-state index contributed by atoms with van der Waals surface area (Å²) in [6, 6.07) is 12.7. The van der Waals surface area contributed by atoms with E-state index in [2.05, 4.69) is 30.5 Å². The summed E-state index contributed by atoms with van der Waals surface area (Å²) in [5.74, 6) is 0.156. The Labute approximate surface area is 252 Å². The fourth-order valence-corrected chi connectivity index (χ4v) is 4.75. The minimum Gasteiger partial charge on any atom is -0.378 e. The molecular formula is C31H28FN9O3. The molecule has 1 saturated heterocycles. The first-order valence-corrected chi connectivity index (χ1v) is 13.8. The smallest absolute Gasteiger partial charge is 0.323 e. The van der Waals surface area contributed by atoms with E-state index < -0.39 is 11.8 Å². The van der Waals surface area contributed by atoms with E-state index in [0.717, 1.165) is 22.3 Å². The van der Waals surface area contributed by atoms with Crippen molar-refractivity contribution in [2.45, 2.75) is 0 Å². The predicted molar refractivity (Wildman–Crippen MR) is 164 cm³/mol. The molecule has 1 aliphatic rings. The van der Waals surface area contributed by atoms with Gasteiger partial charge in [0.05, 0.1) is 36.3 Å². The Morgan fingerprint density at radius 2 is 1.66 bits per heavy atom. The zero-order chi connectivity index (χ0) is 30.6. The molecule has 0 saturated carbocycles. The van der Waals surface area contributed by atoms with Crippen molar-refractivity contribution in [2.75, 3.05) is 55.9 Å². The van der Waals surface area contributed by atoms with Crippen molar-refractivity contribution >= 4 is 40.0 Å². The Bertz CT molecular complexity index is 1830. The number of hydrogen-bond donors (Lipinski definition) is 2. The van der Waals surface area contributed by atoms with Gasteiger partial charge in [0.2, 0.25) is 0 Å². The zero-order valence-electron chi connectivity index (χ0n) is 24.0. The van der Waals surface area contributed by atoms with E-state index >= 15 is 4.39 Å². The van der Waals surface area contributed by atoms with Crippen LogP contribution >= 0.6 is 0 Å². The van der Waals surface area contributed by atoms with Crippen LogP contribution in [0.3, 0.4) is 0 Å². The summed E-state index contributed by atoms with van der Waals surface area (Å²) in [7, 11) is 3.24. The van der Waals surface area contributed by atoms with Crippen molar-refractivity contribution in [1.82, 2.24) is 29.8 Å². The topological polar surface area (TPSA) is 138 Å². The summed E-state index contributed by atoms with van der Waals surface area (Å²) in [6.45, 7) is 2.48. The Balaban J connectivity index is 1.26. The quantitative estimate of drug-likeness (QED) is 0.292. The number of nitrogens with zero attached hydrogens (tertiary/aromatic N) is 7. The third kappa shape index (κ3) is 6.13. The summed E-state index contributed by atoms with van der Waals surface area (Å²) >= 11 is 0. The molecule has 1 aliphatic heterocycles. The molecule has 44 heavy (non-hydrogen) atoms. The number of carbonyl (C=O) groups excluding carboxylic acids is 2. The number of morpholine rings is 1. The van der Waals surface area contributed by atoms with Crippen LogP contribution < -0.4 is 15.5 Å². The summed E-state index contributed by atoms with van der Waals surface area (Å²) < 4.78 is 20.9. The second-order valence-corrected chi connectivity index (χ2v) is 10.2. The van der Waals surface area contributed by atoms with E-state index in [1.165, 1.54) is 35.6 Å². The molecule has 2 N–H and O–H groups in total. The molecule has 0 unspecified atom stereocenters. The van der Waals surface area contributed by atoms with Crippen LogP contribution in [0.15, 0.2) is 73.4 Å². The summed E-state index contributed by atoms with van der Waals surface area (Å²) in [5, 5.41) is 5.96. The molecule has 0 atom stereocenters. The molecule has 222 valence electrons. The van der Waals surface area contributed by atoms with Crippen LogP contribution in [0.25, 0.3) is 33.4 Å². The maximum Gasteiger partial charge on any atom is 0.323 e. The Hall–Kier alpha value is -5.56. The number of urea groups is 1. The second kappa shape index (κ2) is 12.4. The van der Waals surface area contributed by atoms with Crippen LogP contribution in [0, 0.1) is 5.82 Å². The summed E-state index contributed by atoms with van der Waals surface area (Å²) in [4.78, 5) is 50.1. The number of pyridine rings is 1. The molecule has 0 spiro atoms. The molecule has 13 heteroatoms. The van der Waals surface area contributed by atoms with Gasteiger partial charge in [-0.15, -0.1) is 0 Å². The van der Waals surface area contributed by atoms with Gasteiger partial charge in [0.15, 0.2) is 5.82 Å². The number of ether oxygens (including phenoxy) is 1. The predicted octanol–water partition coefficient (Wildman–Crippen LogP) is 4.47. The minimum absolute atomic E-state index is 0.0285. The third-order valence-corrected chi connectivity index (χ3v) is 7.00. The van der Waals surface area contributed by atoms with E-state index in [9.17, 15) is 9.59 Å². The van der Waals surface area contributed by atoms with E-state index in [4.69, 9.17) is 14.7 Å².